The highest BCUT2D eigenvalue weighted by atomic mass is 35.5. The van der Waals surface area contributed by atoms with E-state index in [1.165, 1.54) is 0 Å². The van der Waals surface area contributed by atoms with Crippen LogP contribution in [0.2, 0.25) is 10.0 Å². The van der Waals surface area contributed by atoms with Crippen molar-refractivity contribution >= 4 is 39.2 Å². The minimum absolute atomic E-state index is 0.0977. The van der Waals surface area contributed by atoms with Gasteiger partial charge in [-0.3, -0.25) is 0 Å². The van der Waals surface area contributed by atoms with E-state index in [1.807, 2.05) is 0 Å². The van der Waals surface area contributed by atoms with Crippen LogP contribution < -0.4 is 4.72 Å². The molecule has 1 aliphatic rings. The number of sulfonamides is 1. The van der Waals surface area contributed by atoms with Gasteiger partial charge in [-0.05, 0) is 24.5 Å². The maximum absolute atomic E-state index is 12.1. The van der Waals surface area contributed by atoms with E-state index >= 15 is 0 Å². The average molecular weight is 338 g/mol. The van der Waals surface area contributed by atoms with Gasteiger partial charge in [0, 0.05) is 6.54 Å². The van der Waals surface area contributed by atoms with Gasteiger partial charge in [-0.15, -0.1) is 0 Å². The zero-order valence-corrected chi connectivity index (χ0v) is 12.7. The Bertz CT molecular complexity index is 641. The molecule has 5 nitrogen and oxygen atoms in total. The Kier molecular flexibility index (Phi) is 4.59. The zero-order chi connectivity index (χ0) is 14.9. The summed E-state index contributed by atoms with van der Waals surface area (Å²) in [6.07, 6.45) is 3.04. The largest absolute Gasteiger partial charge is 0.478 e. The highest BCUT2D eigenvalue weighted by Gasteiger charge is 2.24. The van der Waals surface area contributed by atoms with Crippen molar-refractivity contribution in [2.24, 2.45) is 5.92 Å². The van der Waals surface area contributed by atoms with Crippen LogP contribution in [0.3, 0.4) is 0 Å². The Morgan fingerprint density at radius 3 is 2.50 bits per heavy atom. The molecule has 0 unspecified atom stereocenters. The van der Waals surface area contributed by atoms with Crippen LogP contribution >= 0.6 is 23.2 Å². The summed E-state index contributed by atoms with van der Waals surface area (Å²) in [4.78, 5) is 10.7. The molecule has 0 radical (unpaired) electrons. The van der Waals surface area contributed by atoms with Crippen molar-refractivity contribution in [3.05, 3.63) is 27.7 Å². The number of aromatic carboxylic acids is 1. The molecule has 8 heteroatoms. The molecule has 1 fully saturated rings. The predicted octanol–water partition coefficient (Wildman–Crippen LogP) is 2.77. The van der Waals surface area contributed by atoms with E-state index in [-0.39, 0.29) is 20.5 Å². The third-order valence-corrected chi connectivity index (χ3v) is 5.32. The number of carbonyl (C=O) groups is 1. The molecular weight excluding hydrogens is 325 g/mol. The highest BCUT2D eigenvalue weighted by Crippen LogP contribution is 2.32. The summed E-state index contributed by atoms with van der Waals surface area (Å²) in [6.45, 7) is 0.314. The van der Waals surface area contributed by atoms with Crippen LogP contribution in [0.1, 0.15) is 29.6 Å². The van der Waals surface area contributed by atoms with E-state index in [9.17, 15) is 13.2 Å². The first-order valence-corrected chi connectivity index (χ1v) is 8.27. The number of carboxylic acid groups (broad SMARTS) is 1. The number of rotatable bonds is 6. The van der Waals surface area contributed by atoms with E-state index in [4.69, 9.17) is 28.3 Å². The van der Waals surface area contributed by atoms with Gasteiger partial charge in [0.15, 0.2) is 0 Å². The second-order valence-electron chi connectivity index (χ2n) is 4.70. The second kappa shape index (κ2) is 5.89. The fourth-order valence-corrected chi connectivity index (χ4v) is 3.68. The molecule has 0 heterocycles. The minimum atomic E-state index is -3.84. The van der Waals surface area contributed by atoms with Gasteiger partial charge in [0.05, 0.1) is 15.6 Å². The predicted molar refractivity (Wildman–Crippen MR) is 76.0 cm³/mol. The molecule has 0 bridgehead atoms. The molecule has 0 amide bonds. The molecule has 0 atom stereocenters. The summed E-state index contributed by atoms with van der Waals surface area (Å²) in [7, 11) is -3.84. The van der Waals surface area contributed by atoms with Crippen LogP contribution in [0.25, 0.3) is 0 Å². The van der Waals surface area contributed by atoms with Crippen molar-refractivity contribution in [1.82, 2.24) is 4.72 Å². The summed E-state index contributed by atoms with van der Waals surface area (Å²) in [6, 6.07) is 2.11. The fraction of sp³-hybridized carbons (Fsp3) is 0.417. The molecule has 1 aromatic rings. The van der Waals surface area contributed by atoms with Gasteiger partial charge in [-0.25, -0.2) is 17.9 Å². The third kappa shape index (κ3) is 3.63. The normalized spacial score (nSPS) is 15.3. The summed E-state index contributed by atoms with van der Waals surface area (Å²) >= 11 is 11.6. The number of hydrogen-bond donors (Lipinski definition) is 2. The topological polar surface area (TPSA) is 83.5 Å². The number of benzene rings is 1. The van der Waals surface area contributed by atoms with Gasteiger partial charge in [0.25, 0.3) is 0 Å². The Labute approximate surface area is 126 Å². The number of hydrogen-bond acceptors (Lipinski definition) is 3. The quantitative estimate of drug-likeness (QED) is 0.835. The van der Waals surface area contributed by atoms with Gasteiger partial charge >= 0.3 is 5.97 Å². The Hall–Kier alpha value is -0.820. The SMILES string of the molecule is O=C(O)c1cc(S(=O)(=O)NCCC2CC2)c(Cl)cc1Cl. The second-order valence-corrected chi connectivity index (χ2v) is 7.25. The van der Waals surface area contributed by atoms with Crippen LogP contribution in [-0.4, -0.2) is 26.0 Å². The lowest BCUT2D eigenvalue weighted by Crippen LogP contribution is -2.25. The molecule has 1 saturated carbocycles. The molecule has 110 valence electrons. The monoisotopic (exact) mass is 337 g/mol. The van der Waals surface area contributed by atoms with Crippen LogP contribution in [0.5, 0.6) is 0 Å². The van der Waals surface area contributed by atoms with Gasteiger partial charge < -0.3 is 5.11 Å². The van der Waals surface area contributed by atoms with Crippen LogP contribution in [0.15, 0.2) is 17.0 Å². The standard InChI is InChI=1S/C12H13Cl2NO4S/c13-9-6-10(14)11(5-8(9)12(16)17)20(18,19)15-4-3-7-1-2-7/h5-7,15H,1-4H2,(H,16,17). The van der Waals surface area contributed by atoms with Crippen molar-refractivity contribution in [2.75, 3.05) is 6.54 Å². The van der Waals surface area contributed by atoms with Gasteiger partial charge in [-0.2, -0.15) is 0 Å². The lowest BCUT2D eigenvalue weighted by atomic mass is 10.2. The van der Waals surface area contributed by atoms with E-state index in [0.717, 1.165) is 31.4 Å². The van der Waals surface area contributed by atoms with E-state index < -0.39 is 16.0 Å². The van der Waals surface area contributed by atoms with Crippen LogP contribution in [0.4, 0.5) is 0 Å². The minimum Gasteiger partial charge on any atom is -0.478 e. The number of carboxylic acids is 1. The molecule has 0 saturated heterocycles. The first-order chi connectivity index (χ1) is 9.31. The smallest absolute Gasteiger partial charge is 0.337 e. The fourth-order valence-electron chi connectivity index (χ4n) is 1.78. The maximum Gasteiger partial charge on any atom is 0.337 e. The molecule has 2 rings (SSSR count). The first kappa shape index (κ1) is 15.6. The average Bonchev–Trinajstić information content (AvgIpc) is 3.11. The molecule has 0 aromatic heterocycles. The molecule has 0 spiro atoms. The lowest BCUT2D eigenvalue weighted by molar-refractivity contribution is 0.0697. The van der Waals surface area contributed by atoms with E-state index in [1.54, 1.807) is 0 Å². The van der Waals surface area contributed by atoms with Crippen molar-refractivity contribution < 1.29 is 18.3 Å². The van der Waals surface area contributed by atoms with Crippen molar-refractivity contribution in [2.45, 2.75) is 24.2 Å². The Morgan fingerprint density at radius 1 is 1.30 bits per heavy atom. The van der Waals surface area contributed by atoms with Crippen molar-refractivity contribution in [1.29, 1.82) is 0 Å². The summed E-state index contributed by atoms with van der Waals surface area (Å²) in [5.41, 5.74) is -0.293. The molecule has 20 heavy (non-hydrogen) atoms. The summed E-state index contributed by atoms with van der Waals surface area (Å²) in [5, 5.41) is 8.77. The molecule has 1 aliphatic carbocycles. The van der Waals surface area contributed by atoms with Crippen molar-refractivity contribution in [3.63, 3.8) is 0 Å². The maximum atomic E-state index is 12.1. The van der Waals surface area contributed by atoms with E-state index in [2.05, 4.69) is 4.72 Å². The van der Waals surface area contributed by atoms with Crippen molar-refractivity contribution in [3.8, 4) is 0 Å². The van der Waals surface area contributed by atoms with E-state index in [0.29, 0.717) is 12.5 Å². The lowest BCUT2D eigenvalue weighted by Gasteiger charge is -2.10. The summed E-state index contributed by atoms with van der Waals surface area (Å²) in [5.74, 6) is -0.714. The van der Waals surface area contributed by atoms with Gasteiger partial charge in [0.2, 0.25) is 10.0 Å². The van der Waals surface area contributed by atoms with Gasteiger partial charge in [0.1, 0.15) is 4.90 Å². The number of nitrogens with one attached hydrogen (secondary N) is 1. The Morgan fingerprint density at radius 2 is 1.95 bits per heavy atom. The highest BCUT2D eigenvalue weighted by molar-refractivity contribution is 7.89. The number of halogens is 2. The molecule has 0 aliphatic heterocycles. The molecule has 1 aromatic carbocycles. The molecule has 2 N–H and O–H groups in total. The molecular formula is C12H13Cl2NO4S. The van der Waals surface area contributed by atoms with Crippen LogP contribution in [0, 0.1) is 5.92 Å². The summed E-state index contributed by atoms with van der Waals surface area (Å²) < 4.78 is 26.6. The zero-order valence-electron chi connectivity index (χ0n) is 10.4. The first-order valence-electron chi connectivity index (χ1n) is 6.03. The Balaban J connectivity index is 2.24. The third-order valence-electron chi connectivity index (χ3n) is 3.08. The van der Waals surface area contributed by atoms with Crippen LogP contribution in [-0.2, 0) is 10.0 Å². The van der Waals surface area contributed by atoms with Gasteiger partial charge in [-0.1, -0.05) is 36.0 Å².